The van der Waals surface area contributed by atoms with E-state index in [9.17, 15) is 4.79 Å². The van der Waals surface area contributed by atoms with E-state index in [1.807, 2.05) is 36.7 Å². The zero-order valence-electron chi connectivity index (χ0n) is 28.7. The first-order chi connectivity index (χ1) is 23.5. The summed E-state index contributed by atoms with van der Waals surface area (Å²) in [5, 5.41) is 0. The molecule has 0 fully saturated rings. The summed E-state index contributed by atoms with van der Waals surface area (Å²) in [7, 11) is 0. The largest absolute Gasteiger partial charge is 0.485 e. The minimum Gasteiger partial charge on any atom is -0.485 e. The molecule has 0 saturated heterocycles. The van der Waals surface area contributed by atoms with Gasteiger partial charge in [-0.2, -0.15) is 0 Å². The summed E-state index contributed by atoms with van der Waals surface area (Å²) in [5.74, 6) is 0.836. The minimum atomic E-state index is -0.722. The monoisotopic (exact) mass is 644 g/mol. The molecule has 0 radical (unpaired) electrons. The molecule has 2 aromatic carbocycles. The number of anilines is 1. The number of carbonyl (C=O) groups is 1. The molecule has 0 saturated carbocycles. The highest BCUT2D eigenvalue weighted by Gasteiger charge is 2.60. The third-order valence-corrected chi connectivity index (χ3v) is 10.5. The fourth-order valence-corrected chi connectivity index (χ4v) is 8.21. The average molecular weight is 645 g/mol. The van der Waals surface area contributed by atoms with Crippen LogP contribution < -0.4 is 9.64 Å². The third kappa shape index (κ3) is 5.42. The Bertz CT molecular complexity index is 1730. The van der Waals surface area contributed by atoms with Crippen molar-refractivity contribution in [3.05, 3.63) is 131 Å². The van der Waals surface area contributed by atoms with Gasteiger partial charge in [0.15, 0.2) is 0 Å². The maximum absolute atomic E-state index is 14.7. The number of likely N-dealkylation sites (N-methyl/N-ethyl adjacent to an activating group) is 1. The van der Waals surface area contributed by atoms with Crippen molar-refractivity contribution >= 4 is 11.6 Å². The van der Waals surface area contributed by atoms with Gasteiger partial charge in [-0.3, -0.25) is 9.69 Å². The summed E-state index contributed by atoms with van der Waals surface area (Å²) in [6, 6.07) is 23.2. The molecule has 2 N–H and O–H groups in total. The minimum absolute atomic E-state index is 0.0802. The van der Waals surface area contributed by atoms with Gasteiger partial charge in [-0.25, -0.2) is 0 Å². The number of fused-ring (bicyclic) bond motifs is 6. The van der Waals surface area contributed by atoms with Crippen molar-refractivity contribution in [3.63, 3.8) is 0 Å². The molecule has 0 bridgehead atoms. The Hall–Kier alpha value is -4.69. The number of aromatic amines is 2. The summed E-state index contributed by atoms with van der Waals surface area (Å²) >= 11 is 0. The van der Waals surface area contributed by atoms with E-state index in [1.54, 1.807) is 0 Å². The van der Waals surface area contributed by atoms with Crippen LogP contribution in [-0.2, 0) is 18.6 Å². The van der Waals surface area contributed by atoms with Crippen LogP contribution in [0.15, 0.2) is 103 Å². The highest BCUT2D eigenvalue weighted by molar-refractivity contribution is 6.01. The second kappa shape index (κ2) is 13.4. The van der Waals surface area contributed by atoms with Crippen molar-refractivity contribution in [2.24, 2.45) is 5.92 Å². The Morgan fingerprint density at radius 3 is 2.15 bits per heavy atom. The van der Waals surface area contributed by atoms with E-state index in [-0.39, 0.29) is 17.9 Å². The molecule has 3 atom stereocenters. The number of carbonyl (C=O) groups excluding carboxylic acids is 1. The molecule has 8 nitrogen and oxygen atoms in total. The number of hydrogen-bond donors (Lipinski definition) is 2. The predicted molar refractivity (Wildman–Crippen MR) is 192 cm³/mol. The second-order valence-electron chi connectivity index (χ2n) is 13.0. The fraction of sp³-hybridized carbons (Fsp3) is 0.375. The van der Waals surface area contributed by atoms with Crippen LogP contribution in [0.5, 0.6) is 5.75 Å². The predicted octanol–water partition coefficient (Wildman–Crippen LogP) is 6.76. The SMILES string of the molecule is CCN(CC)C1=CC2Oc3cc(N(CC)CC)ccc3C3(c4ccccc4C(=O)N3CCN(Cc3ccc[nH]3)Cc3ccc[nH]3)C2C=C1. The molecule has 2 aromatic heterocycles. The first kappa shape index (κ1) is 31.9. The second-order valence-corrected chi connectivity index (χ2v) is 13.0. The van der Waals surface area contributed by atoms with Gasteiger partial charge >= 0.3 is 0 Å². The zero-order valence-corrected chi connectivity index (χ0v) is 28.7. The van der Waals surface area contributed by atoms with E-state index in [2.05, 4.69) is 118 Å². The smallest absolute Gasteiger partial charge is 0.255 e. The molecule has 4 aromatic rings. The lowest BCUT2D eigenvalue weighted by Crippen LogP contribution is -2.58. The molecule has 1 spiro atoms. The van der Waals surface area contributed by atoms with Crippen LogP contribution >= 0.6 is 0 Å². The van der Waals surface area contributed by atoms with Crippen LogP contribution in [0, 0.1) is 5.92 Å². The summed E-state index contributed by atoms with van der Waals surface area (Å²) in [4.78, 5) is 30.8. The summed E-state index contributed by atoms with van der Waals surface area (Å²) in [6.07, 6.45) is 10.6. The maximum atomic E-state index is 14.7. The van der Waals surface area contributed by atoms with Crippen LogP contribution in [0.2, 0.25) is 0 Å². The molecular formula is C40H48N6O2. The van der Waals surface area contributed by atoms with Gasteiger partial charge in [0.2, 0.25) is 0 Å². The first-order valence-electron chi connectivity index (χ1n) is 17.6. The van der Waals surface area contributed by atoms with Crippen molar-refractivity contribution < 1.29 is 9.53 Å². The number of rotatable bonds is 13. The summed E-state index contributed by atoms with van der Waals surface area (Å²) in [5.41, 5.74) is 6.79. The number of aromatic nitrogens is 2. The Kier molecular flexibility index (Phi) is 8.92. The molecular weight excluding hydrogens is 596 g/mol. The Morgan fingerprint density at radius 1 is 0.812 bits per heavy atom. The van der Waals surface area contributed by atoms with Crippen molar-refractivity contribution in [2.45, 2.75) is 52.4 Å². The highest BCUT2D eigenvalue weighted by atomic mass is 16.5. The van der Waals surface area contributed by atoms with E-state index >= 15 is 0 Å². The topological polar surface area (TPSA) is 70.8 Å². The van der Waals surface area contributed by atoms with Gasteiger partial charge in [-0.15, -0.1) is 0 Å². The lowest BCUT2D eigenvalue weighted by Gasteiger charge is -2.51. The number of ether oxygens (including phenoxy) is 1. The van der Waals surface area contributed by atoms with Crippen LogP contribution in [0.3, 0.4) is 0 Å². The number of allylic oxidation sites excluding steroid dienone is 1. The summed E-state index contributed by atoms with van der Waals surface area (Å²) < 4.78 is 7.00. The van der Waals surface area contributed by atoms with Crippen LogP contribution in [-0.4, -0.2) is 75.9 Å². The van der Waals surface area contributed by atoms with Crippen molar-refractivity contribution in [1.82, 2.24) is 24.7 Å². The molecule has 2 aliphatic heterocycles. The van der Waals surface area contributed by atoms with Crippen molar-refractivity contribution in [1.29, 1.82) is 0 Å². The van der Waals surface area contributed by atoms with Crippen LogP contribution in [0.1, 0.15) is 60.6 Å². The first-order valence-corrected chi connectivity index (χ1v) is 17.6. The van der Waals surface area contributed by atoms with E-state index in [4.69, 9.17) is 4.74 Å². The van der Waals surface area contributed by atoms with E-state index < -0.39 is 5.54 Å². The molecule has 4 heterocycles. The molecule has 3 aliphatic rings. The quantitative estimate of drug-likeness (QED) is 0.168. The molecule has 250 valence electrons. The van der Waals surface area contributed by atoms with Gasteiger partial charge in [0, 0.05) is 105 Å². The number of nitrogens with zero attached hydrogens (tertiary/aromatic N) is 4. The standard InChI is InChI=1S/C40H48N6O2/c1-5-44(6-2)31-17-19-35-37(25-31)48-38-26-32(45(7-3)8-4)18-20-36(38)40(35)34-16-10-9-15-33(34)39(47)46(40)24-23-43(27-29-13-11-21-41-29)28-30-14-12-22-42-30/h9-22,25-26,35,37,41-42H,5-8,23-24,27-28H2,1-4H3. The number of nitrogens with one attached hydrogen (secondary N) is 2. The Morgan fingerprint density at radius 2 is 1.50 bits per heavy atom. The maximum Gasteiger partial charge on any atom is 0.255 e. The van der Waals surface area contributed by atoms with Crippen molar-refractivity contribution in [3.8, 4) is 5.75 Å². The average Bonchev–Trinajstić information content (AvgIpc) is 3.87. The van der Waals surface area contributed by atoms with E-state index in [0.29, 0.717) is 13.1 Å². The molecule has 1 aliphatic carbocycles. The van der Waals surface area contributed by atoms with Gasteiger partial charge in [-0.05, 0) is 81.8 Å². The Balaban J connectivity index is 1.35. The Labute approximate surface area is 284 Å². The molecule has 3 unspecified atom stereocenters. The van der Waals surface area contributed by atoms with E-state index in [1.165, 1.54) is 5.70 Å². The molecule has 8 heteroatoms. The molecule has 48 heavy (non-hydrogen) atoms. The van der Waals surface area contributed by atoms with Gasteiger partial charge in [0.05, 0.1) is 5.92 Å². The number of benzene rings is 2. The number of hydrogen-bond acceptors (Lipinski definition) is 5. The van der Waals surface area contributed by atoms with Crippen LogP contribution in [0.4, 0.5) is 5.69 Å². The molecule has 1 amide bonds. The zero-order chi connectivity index (χ0) is 33.3. The highest BCUT2D eigenvalue weighted by Crippen LogP contribution is 2.57. The van der Waals surface area contributed by atoms with Gasteiger partial charge in [0.25, 0.3) is 5.91 Å². The lowest BCUT2D eigenvalue weighted by atomic mass is 9.67. The van der Waals surface area contributed by atoms with Gasteiger partial charge in [0.1, 0.15) is 17.4 Å². The van der Waals surface area contributed by atoms with Gasteiger partial charge < -0.3 is 29.4 Å². The normalized spacial score (nSPS) is 20.8. The summed E-state index contributed by atoms with van der Waals surface area (Å²) in [6.45, 7) is 15.2. The molecule has 7 rings (SSSR count). The van der Waals surface area contributed by atoms with Gasteiger partial charge in [-0.1, -0.05) is 30.3 Å². The number of amides is 1. The lowest BCUT2D eigenvalue weighted by molar-refractivity contribution is 0.0179. The van der Waals surface area contributed by atoms with E-state index in [0.717, 1.165) is 78.8 Å². The fourth-order valence-electron chi connectivity index (χ4n) is 8.21. The number of H-pyrrole nitrogens is 2. The van der Waals surface area contributed by atoms with Crippen molar-refractivity contribution in [2.75, 3.05) is 44.2 Å². The van der Waals surface area contributed by atoms with Crippen LogP contribution in [0.25, 0.3) is 0 Å². The third-order valence-electron chi connectivity index (χ3n) is 10.5.